The zero-order valence-corrected chi connectivity index (χ0v) is 13.6. The first kappa shape index (κ1) is 16.7. The average molecular weight is 315 g/mol. The molecule has 0 saturated carbocycles. The molecule has 2 aromatic rings. The Labute approximate surface area is 134 Å². The van der Waals surface area contributed by atoms with Gasteiger partial charge in [0.15, 0.2) is 0 Å². The molecule has 1 aromatic carbocycles. The normalized spacial score (nSPS) is 11.8. The fourth-order valence-electron chi connectivity index (χ4n) is 2.36. The van der Waals surface area contributed by atoms with E-state index in [1.165, 1.54) is 0 Å². The highest BCUT2D eigenvalue weighted by molar-refractivity contribution is 5.76. The van der Waals surface area contributed by atoms with Crippen LogP contribution in [-0.2, 0) is 11.3 Å². The zero-order valence-electron chi connectivity index (χ0n) is 13.6. The Kier molecular flexibility index (Phi) is 5.51. The molecule has 6 nitrogen and oxygen atoms in total. The summed E-state index contributed by atoms with van der Waals surface area (Å²) < 4.78 is 5.09. The third kappa shape index (κ3) is 4.67. The minimum Gasteiger partial charge on any atom is -0.497 e. The lowest BCUT2D eigenvalue weighted by Crippen LogP contribution is -2.25. The molecule has 0 fully saturated rings. The molecule has 0 aliphatic carbocycles. The maximum absolute atomic E-state index is 12.1. The van der Waals surface area contributed by atoms with Crippen LogP contribution in [0.3, 0.4) is 0 Å². The van der Waals surface area contributed by atoms with Crippen LogP contribution >= 0.6 is 0 Å². The molecule has 0 aliphatic rings. The number of aryl methyl sites for hydroxylation is 1. The Bertz CT molecular complexity index is 723. The molecular formula is C17H21N3O3. The summed E-state index contributed by atoms with van der Waals surface area (Å²) in [5, 5.41) is 2.88. The van der Waals surface area contributed by atoms with E-state index in [0.29, 0.717) is 12.2 Å². The van der Waals surface area contributed by atoms with Crippen molar-refractivity contribution in [1.29, 1.82) is 0 Å². The maximum Gasteiger partial charge on any atom is 0.345 e. The van der Waals surface area contributed by atoms with Crippen LogP contribution in [0, 0.1) is 6.92 Å². The third-order valence-corrected chi connectivity index (χ3v) is 3.65. The van der Waals surface area contributed by atoms with Crippen molar-refractivity contribution in [3.8, 4) is 5.75 Å². The predicted octanol–water partition coefficient (Wildman–Crippen LogP) is 1.90. The Morgan fingerprint density at radius 1 is 1.35 bits per heavy atom. The topological polar surface area (TPSA) is 84.1 Å². The minimum absolute atomic E-state index is 0.0743. The molecule has 0 saturated heterocycles. The SMILES string of the molecule is COc1ccc(CNC(=O)C[C@@H](C)c2nc(=O)[nH]cc2C)cc1. The van der Waals surface area contributed by atoms with Gasteiger partial charge >= 0.3 is 5.69 Å². The van der Waals surface area contributed by atoms with Crippen molar-refractivity contribution in [3.05, 3.63) is 57.8 Å². The fraction of sp³-hybridized carbons (Fsp3) is 0.353. The van der Waals surface area contributed by atoms with Crippen molar-refractivity contribution in [2.24, 2.45) is 0 Å². The highest BCUT2D eigenvalue weighted by atomic mass is 16.5. The molecule has 0 spiro atoms. The largest absolute Gasteiger partial charge is 0.497 e. The van der Waals surface area contributed by atoms with E-state index in [1.807, 2.05) is 38.1 Å². The number of hydrogen-bond donors (Lipinski definition) is 2. The summed E-state index contributed by atoms with van der Waals surface area (Å²) in [5.74, 6) is 0.590. The van der Waals surface area contributed by atoms with E-state index >= 15 is 0 Å². The van der Waals surface area contributed by atoms with E-state index in [-0.39, 0.29) is 18.2 Å². The maximum atomic E-state index is 12.1. The number of H-pyrrole nitrogens is 1. The van der Waals surface area contributed by atoms with Crippen molar-refractivity contribution in [1.82, 2.24) is 15.3 Å². The van der Waals surface area contributed by atoms with Crippen LogP contribution in [0.25, 0.3) is 0 Å². The van der Waals surface area contributed by atoms with Crippen LogP contribution < -0.4 is 15.7 Å². The molecule has 1 aromatic heterocycles. The van der Waals surface area contributed by atoms with Gasteiger partial charge in [0.25, 0.3) is 0 Å². The van der Waals surface area contributed by atoms with Gasteiger partial charge in [-0.05, 0) is 30.2 Å². The van der Waals surface area contributed by atoms with Crippen molar-refractivity contribution >= 4 is 5.91 Å². The Morgan fingerprint density at radius 2 is 2.04 bits per heavy atom. The van der Waals surface area contributed by atoms with Crippen LogP contribution in [0.4, 0.5) is 0 Å². The van der Waals surface area contributed by atoms with Crippen molar-refractivity contribution in [3.63, 3.8) is 0 Å². The lowest BCUT2D eigenvalue weighted by molar-refractivity contribution is -0.121. The van der Waals surface area contributed by atoms with Gasteiger partial charge in [-0.3, -0.25) is 4.79 Å². The van der Waals surface area contributed by atoms with Crippen molar-refractivity contribution < 1.29 is 9.53 Å². The van der Waals surface area contributed by atoms with Crippen LogP contribution in [0.5, 0.6) is 5.75 Å². The number of aromatic amines is 1. The molecule has 0 bridgehead atoms. The fourth-order valence-corrected chi connectivity index (χ4v) is 2.36. The molecule has 0 radical (unpaired) electrons. The highest BCUT2D eigenvalue weighted by Gasteiger charge is 2.15. The molecule has 1 heterocycles. The lowest BCUT2D eigenvalue weighted by Gasteiger charge is -2.13. The quantitative estimate of drug-likeness (QED) is 0.852. The number of carbonyl (C=O) groups is 1. The number of nitrogens with zero attached hydrogens (tertiary/aromatic N) is 1. The Hall–Kier alpha value is -2.63. The van der Waals surface area contributed by atoms with Gasteiger partial charge in [-0.1, -0.05) is 19.1 Å². The monoisotopic (exact) mass is 315 g/mol. The Morgan fingerprint density at radius 3 is 2.70 bits per heavy atom. The van der Waals surface area contributed by atoms with Crippen LogP contribution in [0.15, 0.2) is 35.3 Å². The van der Waals surface area contributed by atoms with Gasteiger partial charge in [0.1, 0.15) is 5.75 Å². The standard InChI is InChI=1S/C17H21N3O3/c1-11(16-12(2)9-19-17(22)20-16)8-15(21)18-10-13-4-6-14(23-3)7-5-13/h4-7,9,11H,8,10H2,1-3H3,(H,18,21)(H,19,20,22)/t11-/m1/s1. The molecule has 1 amide bonds. The molecule has 122 valence electrons. The second kappa shape index (κ2) is 7.58. The molecule has 0 aliphatic heterocycles. The van der Waals surface area contributed by atoms with E-state index in [4.69, 9.17) is 4.74 Å². The summed E-state index contributed by atoms with van der Waals surface area (Å²) in [4.78, 5) is 29.9. The number of hydrogen-bond acceptors (Lipinski definition) is 4. The first-order valence-electron chi connectivity index (χ1n) is 7.45. The molecule has 2 rings (SSSR count). The second-order valence-electron chi connectivity index (χ2n) is 5.50. The molecule has 0 unspecified atom stereocenters. The summed E-state index contributed by atoms with van der Waals surface area (Å²) >= 11 is 0. The van der Waals surface area contributed by atoms with Crippen LogP contribution in [0.1, 0.15) is 36.1 Å². The highest BCUT2D eigenvalue weighted by Crippen LogP contribution is 2.18. The van der Waals surface area contributed by atoms with Gasteiger partial charge in [-0.2, -0.15) is 4.98 Å². The number of rotatable bonds is 6. The van der Waals surface area contributed by atoms with Crippen molar-refractivity contribution in [2.45, 2.75) is 32.7 Å². The lowest BCUT2D eigenvalue weighted by atomic mass is 10.00. The van der Waals surface area contributed by atoms with Crippen LogP contribution in [0.2, 0.25) is 0 Å². The molecule has 23 heavy (non-hydrogen) atoms. The second-order valence-corrected chi connectivity index (χ2v) is 5.50. The molecule has 2 N–H and O–H groups in total. The summed E-state index contributed by atoms with van der Waals surface area (Å²) in [7, 11) is 1.61. The first-order chi connectivity index (χ1) is 11.0. The molecule has 6 heteroatoms. The van der Waals surface area contributed by atoms with Gasteiger partial charge in [-0.25, -0.2) is 4.79 Å². The molecular weight excluding hydrogens is 294 g/mol. The van der Waals surface area contributed by atoms with E-state index in [0.717, 1.165) is 16.9 Å². The summed E-state index contributed by atoms with van der Waals surface area (Å²) in [6.07, 6.45) is 1.91. The van der Waals surface area contributed by atoms with Gasteiger partial charge in [0.2, 0.25) is 5.91 Å². The number of nitrogens with one attached hydrogen (secondary N) is 2. The van der Waals surface area contributed by atoms with E-state index in [2.05, 4.69) is 15.3 Å². The summed E-state index contributed by atoms with van der Waals surface area (Å²) in [5.41, 5.74) is 2.14. The van der Waals surface area contributed by atoms with Gasteiger partial charge < -0.3 is 15.0 Å². The van der Waals surface area contributed by atoms with Gasteiger partial charge in [0.05, 0.1) is 12.8 Å². The third-order valence-electron chi connectivity index (χ3n) is 3.65. The molecule has 1 atom stereocenters. The van der Waals surface area contributed by atoms with E-state index in [1.54, 1.807) is 13.3 Å². The van der Waals surface area contributed by atoms with Crippen LogP contribution in [-0.4, -0.2) is 23.0 Å². The summed E-state index contributed by atoms with van der Waals surface area (Å²) in [6.45, 7) is 4.21. The number of ether oxygens (including phenoxy) is 1. The zero-order chi connectivity index (χ0) is 16.8. The number of methoxy groups -OCH3 is 1. The summed E-state index contributed by atoms with van der Waals surface area (Å²) in [6, 6.07) is 7.53. The van der Waals surface area contributed by atoms with Gasteiger partial charge in [-0.15, -0.1) is 0 Å². The number of amides is 1. The number of aromatic nitrogens is 2. The van der Waals surface area contributed by atoms with Gasteiger partial charge in [0, 0.05) is 25.1 Å². The van der Waals surface area contributed by atoms with E-state index < -0.39 is 5.69 Å². The van der Waals surface area contributed by atoms with Crippen molar-refractivity contribution in [2.75, 3.05) is 7.11 Å². The smallest absolute Gasteiger partial charge is 0.345 e. The predicted molar refractivity (Wildman–Crippen MR) is 87.5 cm³/mol. The Balaban J connectivity index is 1.90. The minimum atomic E-state index is -0.393. The van der Waals surface area contributed by atoms with E-state index in [9.17, 15) is 9.59 Å². The average Bonchev–Trinajstić information content (AvgIpc) is 2.55. The number of benzene rings is 1. The first-order valence-corrected chi connectivity index (χ1v) is 7.45. The number of carbonyl (C=O) groups excluding carboxylic acids is 1.